The van der Waals surface area contributed by atoms with Gasteiger partial charge in [0.2, 0.25) is 5.92 Å². The normalized spacial score (nSPS) is 18.8. The molecule has 1 aromatic carbocycles. The number of aromatic nitrogens is 2. The second-order valence-electron chi connectivity index (χ2n) is 5.77. The minimum atomic E-state index is -2.52. The predicted octanol–water partition coefficient (Wildman–Crippen LogP) is 4.06. The van der Waals surface area contributed by atoms with Crippen LogP contribution in [0, 0.1) is 6.92 Å². The van der Waals surface area contributed by atoms with Gasteiger partial charge in [-0.25, -0.2) is 13.5 Å². The maximum Gasteiger partial charge on any atom is 0.248 e. The molecule has 0 aliphatic heterocycles. The summed E-state index contributed by atoms with van der Waals surface area (Å²) >= 11 is 0. The molecule has 0 bridgehead atoms. The van der Waals surface area contributed by atoms with E-state index in [-0.39, 0.29) is 18.8 Å². The average Bonchev–Trinajstić information content (AvgIpc) is 2.77. The van der Waals surface area contributed by atoms with E-state index < -0.39 is 5.92 Å². The summed E-state index contributed by atoms with van der Waals surface area (Å²) < 4.78 is 28.3. The van der Waals surface area contributed by atoms with Crippen LogP contribution in [0.3, 0.4) is 0 Å². The Hall–Kier alpha value is -1.91. The number of halogens is 2. The Labute approximate surface area is 122 Å². The van der Waals surface area contributed by atoms with Gasteiger partial charge >= 0.3 is 0 Å². The number of anilines is 1. The van der Waals surface area contributed by atoms with E-state index in [9.17, 15) is 8.78 Å². The van der Waals surface area contributed by atoms with Crippen molar-refractivity contribution in [2.75, 3.05) is 5.73 Å². The van der Waals surface area contributed by atoms with E-state index in [1.54, 1.807) is 4.68 Å². The summed E-state index contributed by atoms with van der Waals surface area (Å²) in [5.41, 5.74) is 8.82. The van der Waals surface area contributed by atoms with Crippen LogP contribution in [0.15, 0.2) is 30.3 Å². The molecule has 0 unspecified atom stereocenters. The van der Waals surface area contributed by atoms with Crippen LogP contribution in [0.4, 0.5) is 14.6 Å². The number of hydrogen-bond donors (Lipinski definition) is 1. The Morgan fingerprint density at radius 3 is 2.43 bits per heavy atom. The topological polar surface area (TPSA) is 43.8 Å². The lowest BCUT2D eigenvalue weighted by Crippen LogP contribution is -2.24. The number of nitrogen functional groups attached to an aromatic ring is 1. The highest BCUT2D eigenvalue weighted by molar-refractivity contribution is 5.50. The summed E-state index contributed by atoms with van der Waals surface area (Å²) in [5.74, 6) is -1.84. The minimum absolute atomic E-state index is 0.0603. The first-order valence-corrected chi connectivity index (χ1v) is 7.26. The second-order valence-corrected chi connectivity index (χ2v) is 5.77. The smallest absolute Gasteiger partial charge is 0.248 e. The van der Waals surface area contributed by atoms with Crippen LogP contribution < -0.4 is 5.73 Å². The van der Waals surface area contributed by atoms with Gasteiger partial charge in [-0.1, -0.05) is 18.2 Å². The van der Waals surface area contributed by atoms with Crippen LogP contribution in [0.2, 0.25) is 0 Å². The molecule has 2 N–H and O–H groups in total. The van der Waals surface area contributed by atoms with Crippen molar-refractivity contribution in [3.63, 3.8) is 0 Å². The van der Waals surface area contributed by atoms with Gasteiger partial charge in [0.05, 0.1) is 11.4 Å². The van der Waals surface area contributed by atoms with E-state index in [0.29, 0.717) is 18.7 Å². The van der Waals surface area contributed by atoms with E-state index in [2.05, 4.69) is 5.10 Å². The minimum Gasteiger partial charge on any atom is -0.383 e. The van der Waals surface area contributed by atoms with Crippen molar-refractivity contribution in [3.8, 4) is 5.69 Å². The quantitative estimate of drug-likeness (QED) is 0.907. The van der Waals surface area contributed by atoms with Crippen molar-refractivity contribution >= 4 is 5.82 Å². The summed E-state index contributed by atoms with van der Waals surface area (Å²) in [7, 11) is 0. The molecule has 0 radical (unpaired) electrons. The van der Waals surface area contributed by atoms with E-state index in [1.165, 1.54) is 0 Å². The Bertz CT molecular complexity index is 624. The molecule has 1 aliphatic rings. The third kappa shape index (κ3) is 2.64. The molecular formula is C16H19F2N3. The van der Waals surface area contributed by atoms with Crippen molar-refractivity contribution < 1.29 is 8.78 Å². The summed E-state index contributed by atoms with van der Waals surface area (Å²) in [6.45, 7) is 1.92. The van der Waals surface area contributed by atoms with Crippen LogP contribution in [0.5, 0.6) is 0 Å². The predicted molar refractivity (Wildman–Crippen MR) is 78.9 cm³/mol. The first kappa shape index (κ1) is 14.0. The van der Waals surface area contributed by atoms with Crippen molar-refractivity contribution in [1.82, 2.24) is 9.78 Å². The summed E-state index contributed by atoms with van der Waals surface area (Å²) in [6.07, 6.45) is 0.822. The summed E-state index contributed by atoms with van der Waals surface area (Å²) in [5, 5.41) is 4.60. The lowest BCUT2D eigenvalue weighted by Gasteiger charge is -2.27. The first-order chi connectivity index (χ1) is 9.98. The maximum absolute atomic E-state index is 13.3. The molecule has 1 fully saturated rings. The molecule has 112 valence electrons. The molecule has 3 nitrogen and oxygen atoms in total. The highest BCUT2D eigenvalue weighted by Gasteiger charge is 2.37. The maximum atomic E-state index is 13.3. The van der Waals surface area contributed by atoms with Crippen LogP contribution in [0.25, 0.3) is 5.69 Å². The third-order valence-electron chi connectivity index (χ3n) is 4.31. The Morgan fingerprint density at radius 2 is 1.81 bits per heavy atom. The molecule has 1 aromatic heterocycles. The van der Waals surface area contributed by atoms with Crippen LogP contribution in [0.1, 0.15) is 42.9 Å². The van der Waals surface area contributed by atoms with Crippen molar-refractivity contribution in [3.05, 3.63) is 41.6 Å². The van der Waals surface area contributed by atoms with Crippen molar-refractivity contribution in [1.29, 1.82) is 0 Å². The van der Waals surface area contributed by atoms with Crippen molar-refractivity contribution in [2.45, 2.75) is 44.4 Å². The van der Waals surface area contributed by atoms with Gasteiger partial charge in [0.25, 0.3) is 0 Å². The zero-order valence-electron chi connectivity index (χ0n) is 12.0. The number of nitrogens with two attached hydrogens (primary N) is 1. The number of alkyl halides is 2. The summed E-state index contributed by atoms with van der Waals surface area (Å²) in [6, 6.07) is 9.64. The number of hydrogen-bond acceptors (Lipinski definition) is 2. The third-order valence-corrected chi connectivity index (χ3v) is 4.31. The van der Waals surface area contributed by atoms with Crippen LogP contribution >= 0.6 is 0 Å². The van der Waals surface area contributed by atoms with Crippen LogP contribution in [-0.2, 0) is 0 Å². The fourth-order valence-electron chi connectivity index (χ4n) is 2.99. The standard InChI is InChI=1S/C16H19F2N3/c1-11-14(12-7-9-16(17,18)10-8-12)20-21(15(11)19)13-5-3-2-4-6-13/h2-6,12H,7-10,19H2,1H3. The van der Waals surface area contributed by atoms with E-state index in [0.717, 1.165) is 16.9 Å². The van der Waals surface area contributed by atoms with Gasteiger partial charge in [0, 0.05) is 24.3 Å². The van der Waals surface area contributed by atoms with E-state index >= 15 is 0 Å². The lowest BCUT2D eigenvalue weighted by molar-refractivity contribution is -0.0385. The number of benzene rings is 1. The molecule has 0 spiro atoms. The van der Waals surface area contributed by atoms with Gasteiger partial charge in [-0.15, -0.1) is 0 Å². The fraction of sp³-hybridized carbons (Fsp3) is 0.438. The van der Waals surface area contributed by atoms with Gasteiger partial charge < -0.3 is 5.73 Å². The second kappa shape index (κ2) is 5.13. The van der Waals surface area contributed by atoms with Gasteiger partial charge in [0.1, 0.15) is 5.82 Å². The number of para-hydroxylation sites is 1. The monoisotopic (exact) mass is 291 g/mol. The molecule has 1 heterocycles. The zero-order chi connectivity index (χ0) is 15.0. The lowest BCUT2D eigenvalue weighted by atomic mass is 9.84. The fourth-order valence-corrected chi connectivity index (χ4v) is 2.99. The molecule has 1 aliphatic carbocycles. The molecule has 21 heavy (non-hydrogen) atoms. The Kier molecular flexibility index (Phi) is 3.43. The molecular weight excluding hydrogens is 272 g/mol. The molecule has 1 saturated carbocycles. The molecule has 0 atom stereocenters. The van der Waals surface area contributed by atoms with Crippen LogP contribution in [-0.4, -0.2) is 15.7 Å². The van der Waals surface area contributed by atoms with Gasteiger partial charge in [-0.2, -0.15) is 5.10 Å². The molecule has 2 aromatic rings. The van der Waals surface area contributed by atoms with Gasteiger partial charge in [0.15, 0.2) is 0 Å². The zero-order valence-corrected chi connectivity index (χ0v) is 12.0. The molecule has 0 amide bonds. The highest BCUT2D eigenvalue weighted by Crippen LogP contribution is 2.42. The number of rotatable bonds is 2. The first-order valence-electron chi connectivity index (χ1n) is 7.26. The average molecular weight is 291 g/mol. The Morgan fingerprint density at radius 1 is 1.19 bits per heavy atom. The van der Waals surface area contributed by atoms with Crippen molar-refractivity contribution in [2.24, 2.45) is 0 Å². The molecule has 3 rings (SSSR count). The highest BCUT2D eigenvalue weighted by atomic mass is 19.3. The molecule has 5 heteroatoms. The number of nitrogens with zero attached hydrogens (tertiary/aromatic N) is 2. The summed E-state index contributed by atoms with van der Waals surface area (Å²) in [4.78, 5) is 0. The van der Waals surface area contributed by atoms with E-state index in [4.69, 9.17) is 5.73 Å². The SMILES string of the molecule is Cc1c(C2CCC(F)(F)CC2)nn(-c2ccccc2)c1N. The largest absolute Gasteiger partial charge is 0.383 e. The molecule has 0 saturated heterocycles. The van der Waals surface area contributed by atoms with Gasteiger partial charge in [-0.3, -0.25) is 0 Å². The van der Waals surface area contributed by atoms with Gasteiger partial charge in [-0.05, 0) is 31.9 Å². The van der Waals surface area contributed by atoms with E-state index in [1.807, 2.05) is 37.3 Å². The Balaban J connectivity index is 1.91.